The Morgan fingerprint density at radius 1 is 1.02 bits per heavy atom. The van der Waals surface area contributed by atoms with Gasteiger partial charge in [0.15, 0.2) is 16.7 Å². The van der Waals surface area contributed by atoms with Gasteiger partial charge in [-0.3, -0.25) is 9.69 Å². The van der Waals surface area contributed by atoms with Gasteiger partial charge < -0.3 is 24.4 Å². The van der Waals surface area contributed by atoms with Gasteiger partial charge in [-0.15, -0.1) is 0 Å². The van der Waals surface area contributed by atoms with E-state index in [1.54, 1.807) is 26.0 Å². The number of aryl methyl sites for hydroxylation is 1. The minimum absolute atomic E-state index is 0.0443. The highest BCUT2D eigenvalue weighted by Crippen LogP contribution is 2.28. The first-order valence-corrected chi connectivity index (χ1v) is 15.1. The van der Waals surface area contributed by atoms with Gasteiger partial charge in [0, 0.05) is 62.8 Å². The third-order valence-corrected chi connectivity index (χ3v) is 8.00. The van der Waals surface area contributed by atoms with Crippen LogP contribution in [0.1, 0.15) is 34.1 Å². The number of amides is 1. The lowest BCUT2D eigenvalue weighted by atomic mass is 10.1. The van der Waals surface area contributed by atoms with Gasteiger partial charge in [0.25, 0.3) is 5.91 Å². The number of ether oxygens (including phenoxy) is 3. The molecule has 2 aromatic carbocycles. The SMILES string of the molecule is CCc1cc(N(C)CCc2ccc(OC)c(OC)c2)nc(SCc2ccc(C(=O)NCCN3CCOCC3)cc2)n1. The van der Waals surface area contributed by atoms with Crippen molar-refractivity contribution in [2.24, 2.45) is 0 Å². The Kier molecular flexibility index (Phi) is 11.7. The van der Waals surface area contributed by atoms with E-state index >= 15 is 0 Å². The molecule has 1 aromatic heterocycles. The van der Waals surface area contributed by atoms with E-state index in [1.165, 1.54) is 5.56 Å². The number of aromatic nitrogens is 2. The number of methoxy groups -OCH3 is 2. The second-order valence-electron chi connectivity index (χ2n) is 9.91. The molecule has 1 aliphatic heterocycles. The predicted octanol–water partition coefficient (Wildman–Crippen LogP) is 4.09. The summed E-state index contributed by atoms with van der Waals surface area (Å²) in [4.78, 5) is 26.6. The van der Waals surface area contributed by atoms with Crippen LogP contribution in [0.4, 0.5) is 5.82 Å². The van der Waals surface area contributed by atoms with Gasteiger partial charge in [0.05, 0.1) is 27.4 Å². The second kappa shape index (κ2) is 15.6. The third kappa shape index (κ3) is 9.08. The van der Waals surface area contributed by atoms with E-state index in [0.29, 0.717) is 12.1 Å². The van der Waals surface area contributed by atoms with Gasteiger partial charge in [-0.1, -0.05) is 36.9 Å². The molecule has 0 unspecified atom stereocenters. The van der Waals surface area contributed by atoms with E-state index in [4.69, 9.17) is 24.2 Å². The first-order valence-electron chi connectivity index (χ1n) is 14.1. The van der Waals surface area contributed by atoms with Crippen LogP contribution < -0.4 is 19.7 Å². The molecule has 9 nitrogen and oxygen atoms in total. The van der Waals surface area contributed by atoms with Gasteiger partial charge in [-0.2, -0.15) is 0 Å². The first-order chi connectivity index (χ1) is 20.0. The maximum absolute atomic E-state index is 12.6. The van der Waals surface area contributed by atoms with E-state index in [0.717, 1.165) is 91.7 Å². The van der Waals surface area contributed by atoms with Gasteiger partial charge in [-0.25, -0.2) is 9.97 Å². The summed E-state index contributed by atoms with van der Waals surface area (Å²) in [7, 11) is 5.35. The fraction of sp³-hybridized carbons (Fsp3) is 0.452. The summed E-state index contributed by atoms with van der Waals surface area (Å²) < 4.78 is 16.2. The number of hydrogen-bond donors (Lipinski definition) is 1. The van der Waals surface area contributed by atoms with Crippen LogP contribution in [-0.2, 0) is 23.3 Å². The van der Waals surface area contributed by atoms with Crippen molar-refractivity contribution >= 4 is 23.5 Å². The predicted molar refractivity (Wildman–Crippen MR) is 164 cm³/mol. The average Bonchev–Trinajstić information content (AvgIpc) is 3.02. The third-order valence-electron chi connectivity index (χ3n) is 7.08. The van der Waals surface area contributed by atoms with Gasteiger partial charge >= 0.3 is 0 Å². The number of thioether (sulfide) groups is 1. The van der Waals surface area contributed by atoms with Crippen LogP contribution in [0.3, 0.4) is 0 Å². The number of nitrogens with zero attached hydrogens (tertiary/aromatic N) is 4. The molecule has 0 saturated carbocycles. The maximum atomic E-state index is 12.6. The van der Waals surface area contributed by atoms with Crippen molar-refractivity contribution in [2.75, 3.05) is 72.1 Å². The van der Waals surface area contributed by atoms with Crippen molar-refractivity contribution in [3.63, 3.8) is 0 Å². The summed E-state index contributed by atoms with van der Waals surface area (Å²) in [6.07, 6.45) is 1.68. The van der Waals surface area contributed by atoms with Crippen molar-refractivity contribution in [2.45, 2.75) is 30.7 Å². The molecule has 1 N–H and O–H groups in total. The molecule has 0 spiro atoms. The standard InChI is InChI=1S/C31H41N5O4S/c1-5-26-21-29(35(2)14-12-23-8-11-27(38-3)28(20-23)39-4)34-31(33-26)41-22-24-6-9-25(10-7-24)30(37)32-13-15-36-16-18-40-19-17-36/h6-11,20-21H,5,12-19,22H2,1-4H3,(H,32,37). The highest BCUT2D eigenvalue weighted by Gasteiger charge is 2.13. The normalized spacial score (nSPS) is 13.6. The van der Waals surface area contributed by atoms with Crippen LogP contribution in [-0.4, -0.2) is 88.0 Å². The highest BCUT2D eigenvalue weighted by molar-refractivity contribution is 7.98. The van der Waals surface area contributed by atoms with Gasteiger partial charge in [0.1, 0.15) is 5.82 Å². The largest absolute Gasteiger partial charge is 0.493 e. The Hall–Kier alpha value is -3.34. The van der Waals surface area contributed by atoms with Gasteiger partial charge in [0.2, 0.25) is 0 Å². The van der Waals surface area contributed by atoms with E-state index in [9.17, 15) is 4.79 Å². The Morgan fingerprint density at radius 3 is 2.46 bits per heavy atom. The number of carbonyl (C=O) groups is 1. The van der Waals surface area contributed by atoms with E-state index in [1.807, 2.05) is 36.4 Å². The molecular formula is C31H41N5O4S. The average molecular weight is 580 g/mol. The van der Waals surface area contributed by atoms with Crippen LogP contribution in [0.2, 0.25) is 0 Å². The van der Waals surface area contributed by atoms with E-state index < -0.39 is 0 Å². The van der Waals surface area contributed by atoms with Crippen LogP contribution in [0.25, 0.3) is 0 Å². The van der Waals surface area contributed by atoms with Crippen molar-refractivity contribution in [3.8, 4) is 11.5 Å². The molecule has 0 aliphatic carbocycles. The summed E-state index contributed by atoms with van der Waals surface area (Å²) in [6, 6.07) is 15.9. The molecule has 3 aromatic rings. The Bertz CT molecular complexity index is 1270. The van der Waals surface area contributed by atoms with Crippen molar-refractivity contribution in [1.29, 1.82) is 0 Å². The number of hydrogen-bond acceptors (Lipinski definition) is 9. The molecule has 4 rings (SSSR count). The molecule has 1 amide bonds. The van der Waals surface area contributed by atoms with Crippen LogP contribution >= 0.6 is 11.8 Å². The topological polar surface area (TPSA) is 89.1 Å². The molecule has 1 fully saturated rings. The van der Waals surface area contributed by atoms with Crippen LogP contribution in [0.5, 0.6) is 11.5 Å². The quantitative estimate of drug-likeness (QED) is 0.224. The number of nitrogens with one attached hydrogen (secondary N) is 1. The molecule has 0 atom stereocenters. The van der Waals surface area contributed by atoms with Crippen molar-refractivity contribution in [1.82, 2.24) is 20.2 Å². The molecule has 1 aliphatic rings. The van der Waals surface area contributed by atoms with Gasteiger partial charge in [-0.05, 0) is 48.2 Å². The second-order valence-corrected chi connectivity index (χ2v) is 10.9. The monoisotopic (exact) mass is 579 g/mol. The molecule has 0 bridgehead atoms. The molecule has 10 heteroatoms. The molecule has 41 heavy (non-hydrogen) atoms. The van der Waals surface area contributed by atoms with Crippen molar-refractivity contribution < 1.29 is 19.0 Å². The zero-order chi connectivity index (χ0) is 29.0. The Labute approximate surface area is 247 Å². The summed E-state index contributed by atoms with van der Waals surface area (Å²) in [5.41, 5.74) is 3.97. The zero-order valence-electron chi connectivity index (χ0n) is 24.5. The van der Waals surface area contributed by atoms with E-state index in [-0.39, 0.29) is 5.91 Å². The van der Waals surface area contributed by atoms with Crippen LogP contribution in [0, 0.1) is 0 Å². The smallest absolute Gasteiger partial charge is 0.251 e. The zero-order valence-corrected chi connectivity index (χ0v) is 25.3. The molecule has 2 heterocycles. The lowest BCUT2D eigenvalue weighted by molar-refractivity contribution is 0.0383. The lowest BCUT2D eigenvalue weighted by Crippen LogP contribution is -2.41. The minimum atomic E-state index is -0.0443. The van der Waals surface area contributed by atoms with Crippen LogP contribution in [0.15, 0.2) is 53.7 Å². The number of benzene rings is 2. The number of carbonyl (C=O) groups excluding carboxylic acids is 1. The summed E-state index contributed by atoms with van der Waals surface area (Å²) in [6.45, 7) is 7.75. The highest BCUT2D eigenvalue weighted by atomic mass is 32.2. The first kappa shape index (κ1) is 30.6. The minimum Gasteiger partial charge on any atom is -0.493 e. The Balaban J connectivity index is 1.29. The number of anilines is 1. The fourth-order valence-electron chi connectivity index (χ4n) is 4.50. The van der Waals surface area contributed by atoms with E-state index in [2.05, 4.69) is 41.2 Å². The number of rotatable bonds is 14. The summed E-state index contributed by atoms with van der Waals surface area (Å²) in [5, 5.41) is 3.77. The molecule has 220 valence electrons. The maximum Gasteiger partial charge on any atom is 0.251 e. The fourth-order valence-corrected chi connectivity index (χ4v) is 5.33. The summed E-state index contributed by atoms with van der Waals surface area (Å²) >= 11 is 1.61. The number of morpholine rings is 1. The lowest BCUT2D eigenvalue weighted by Gasteiger charge is -2.26. The molecule has 1 saturated heterocycles. The number of likely N-dealkylation sites (N-methyl/N-ethyl adjacent to an activating group) is 1. The summed E-state index contributed by atoms with van der Waals surface area (Å²) in [5.74, 6) is 3.05. The molecule has 0 radical (unpaired) electrons. The Morgan fingerprint density at radius 2 is 1.76 bits per heavy atom. The van der Waals surface area contributed by atoms with Crippen molar-refractivity contribution in [3.05, 3.63) is 70.9 Å². The molecular weight excluding hydrogens is 538 g/mol.